The molecule has 1 amide bonds. The number of aliphatic imine (C=N–C) groups is 1. The van der Waals surface area contributed by atoms with E-state index in [1.165, 1.54) is 0 Å². The highest BCUT2D eigenvalue weighted by atomic mass is 16.1. The van der Waals surface area contributed by atoms with Crippen LogP contribution in [0.4, 0.5) is 0 Å². The second kappa shape index (κ2) is 5.99. The molecule has 92 valence electrons. The van der Waals surface area contributed by atoms with Gasteiger partial charge in [0.1, 0.15) is 5.70 Å². The molecule has 0 radical (unpaired) electrons. The van der Waals surface area contributed by atoms with Crippen LogP contribution in [0, 0.1) is 5.92 Å². The van der Waals surface area contributed by atoms with Crippen LogP contribution in [0.3, 0.4) is 0 Å². The van der Waals surface area contributed by atoms with Crippen LogP contribution in [0.2, 0.25) is 0 Å². The van der Waals surface area contributed by atoms with E-state index in [1.54, 1.807) is 18.9 Å². The molecule has 6 nitrogen and oxygen atoms in total. The van der Waals surface area contributed by atoms with Crippen LogP contribution in [0.1, 0.15) is 20.8 Å². The number of amidine groups is 1. The van der Waals surface area contributed by atoms with Crippen molar-refractivity contribution >= 4 is 11.7 Å². The molecule has 0 aliphatic carbocycles. The van der Waals surface area contributed by atoms with Gasteiger partial charge in [0.05, 0.1) is 5.84 Å². The first kappa shape index (κ1) is 14.3. The van der Waals surface area contributed by atoms with E-state index in [0.29, 0.717) is 24.1 Å². The van der Waals surface area contributed by atoms with E-state index in [0.717, 1.165) is 0 Å². The number of primary amides is 1. The Balaban J connectivity index is 5.18. The molecule has 0 bridgehead atoms. The van der Waals surface area contributed by atoms with E-state index in [2.05, 4.69) is 4.99 Å². The van der Waals surface area contributed by atoms with Crippen molar-refractivity contribution in [1.29, 1.82) is 0 Å². The zero-order valence-corrected chi connectivity index (χ0v) is 10.3. The average molecular weight is 227 g/mol. The van der Waals surface area contributed by atoms with Gasteiger partial charge in [0.25, 0.3) is 5.91 Å². The van der Waals surface area contributed by atoms with E-state index >= 15 is 0 Å². The van der Waals surface area contributed by atoms with Crippen LogP contribution in [0.5, 0.6) is 0 Å². The molecule has 0 aliphatic rings. The molecule has 0 fully saturated rings. The summed E-state index contributed by atoms with van der Waals surface area (Å²) in [6, 6.07) is 0. The van der Waals surface area contributed by atoms with Crippen LogP contribution in [-0.2, 0) is 4.79 Å². The zero-order valence-electron chi connectivity index (χ0n) is 10.3. The Kier molecular flexibility index (Phi) is 5.35. The second-order valence-corrected chi connectivity index (χ2v) is 4.13. The van der Waals surface area contributed by atoms with Crippen molar-refractivity contribution in [2.45, 2.75) is 20.8 Å². The highest BCUT2D eigenvalue weighted by molar-refractivity contribution is 5.92. The Bertz CT molecular complexity index is 315. The third kappa shape index (κ3) is 4.68. The van der Waals surface area contributed by atoms with E-state index in [4.69, 9.17) is 17.2 Å². The fourth-order valence-corrected chi connectivity index (χ4v) is 1.26. The lowest BCUT2D eigenvalue weighted by atomic mass is 10.2. The summed E-state index contributed by atoms with van der Waals surface area (Å²) in [5, 5.41) is 0. The molecule has 0 atom stereocenters. The van der Waals surface area contributed by atoms with Gasteiger partial charge in [0.2, 0.25) is 0 Å². The first-order valence-corrected chi connectivity index (χ1v) is 5.07. The van der Waals surface area contributed by atoms with Gasteiger partial charge in [0, 0.05) is 13.6 Å². The molecule has 0 saturated heterocycles. The minimum atomic E-state index is -0.699. The number of hydrogen-bond acceptors (Lipinski definition) is 4. The number of nitrogens with two attached hydrogens (primary N) is 3. The number of rotatable bonds is 5. The first-order chi connectivity index (χ1) is 7.25. The third-order valence-corrected chi connectivity index (χ3v) is 1.79. The molecule has 0 saturated carbocycles. The summed E-state index contributed by atoms with van der Waals surface area (Å²) in [6.07, 6.45) is 0. The van der Waals surface area contributed by atoms with Gasteiger partial charge in [-0.3, -0.25) is 4.79 Å². The van der Waals surface area contributed by atoms with E-state index < -0.39 is 5.91 Å². The van der Waals surface area contributed by atoms with Crippen LogP contribution in [-0.4, -0.2) is 30.2 Å². The van der Waals surface area contributed by atoms with E-state index in [-0.39, 0.29) is 5.70 Å². The largest absolute Gasteiger partial charge is 0.391 e. The molecule has 0 aliphatic heterocycles. The molecule has 0 aromatic rings. The Hall–Kier alpha value is -1.72. The van der Waals surface area contributed by atoms with Crippen molar-refractivity contribution < 1.29 is 4.79 Å². The Morgan fingerprint density at radius 1 is 1.31 bits per heavy atom. The maximum atomic E-state index is 11.0. The van der Waals surface area contributed by atoms with Crippen LogP contribution in [0.15, 0.2) is 16.5 Å². The van der Waals surface area contributed by atoms with Crippen molar-refractivity contribution in [2.75, 3.05) is 13.6 Å². The van der Waals surface area contributed by atoms with Gasteiger partial charge in [-0.15, -0.1) is 0 Å². The lowest BCUT2D eigenvalue weighted by Gasteiger charge is -2.22. The Morgan fingerprint density at radius 3 is 2.12 bits per heavy atom. The van der Waals surface area contributed by atoms with E-state index in [1.807, 2.05) is 13.8 Å². The predicted octanol–water partition coefficient (Wildman–Crippen LogP) is -0.436. The number of carbonyl (C=O) groups is 1. The first-order valence-electron chi connectivity index (χ1n) is 5.07. The molecule has 0 rings (SSSR count). The molecule has 16 heavy (non-hydrogen) atoms. The molecule has 0 unspecified atom stereocenters. The molecule has 0 spiro atoms. The summed E-state index contributed by atoms with van der Waals surface area (Å²) in [7, 11) is 1.79. The summed E-state index contributed by atoms with van der Waals surface area (Å²) in [5.74, 6) is 0.362. The monoisotopic (exact) mass is 227 g/mol. The number of carbonyl (C=O) groups excluding carboxylic acids is 1. The summed E-state index contributed by atoms with van der Waals surface area (Å²) < 4.78 is 0. The molecule has 0 aromatic carbocycles. The lowest BCUT2D eigenvalue weighted by molar-refractivity contribution is -0.114. The molecule has 6 N–H and O–H groups in total. The standard InChI is InChI=1S/C10H21N5O/c1-6(2)5-15(4)10(14-7(3)11)8(12)9(13)16/h6H,5,12H2,1-4H3,(H2,11,14)(H2,13,16)/b10-8-. The van der Waals surface area contributed by atoms with Gasteiger partial charge in [-0.2, -0.15) is 0 Å². The fraction of sp³-hybridized carbons (Fsp3) is 0.600. The maximum Gasteiger partial charge on any atom is 0.268 e. The fourth-order valence-electron chi connectivity index (χ4n) is 1.26. The summed E-state index contributed by atoms with van der Waals surface area (Å²) in [4.78, 5) is 16.8. The van der Waals surface area contributed by atoms with Crippen LogP contribution >= 0.6 is 0 Å². The van der Waals surface area contributed by atoms with Gasteiger partial charge in [-0.1, -0.05) is 13.8 Å². The molecule has 0 aromatic heterocycles. The molecule has 0 heterocycles. The molecular weight excluding hydrogens is 206 g/mol. The Morgan fingerprint density at radius 2 is 1.81 bits per heavy atom. The summed E-state index contributed by atoms with van der Waals surface area (Å²) >= 11 is 0. The minimum absolute atomic E-state index is 0.0760. The number of amides is 1. The second-order valence-electron chi connectivity index (χ2n) is 4.13. The quantitative estimate of drug-likeness (QED) is 0.336. The van der Waals surface area contributed by atoms with Gasteiger partial charge in [-0.25, -0.2) is 4.99 Å². The van der Waals surface area contributed by atoms with Crippen molar-refractivity contribution in [3.8, 4) is 0 Å². The van der Waals surface area contributed by atoms with Crippen molar-refractivity contribution in [3.63, 3.8) is 0 Å². The van der Waals surface area contributed by atoms with Crippen molar-refractivity contribution in [1.82, 2.24) is 4.90 Å². The predicted molar refractivity (Wildman–Crippen MR) is 65.2 cm³/mol. The topological polar surface area (TPSA) is 111 Å². The number of hydrogen-bond donors (Lipinski definition) is 3. The lowest BCUT2D eigenvalue weighted by Crippen LogP contribution is -2.31. The normalized spacial score (nSPS) is 13.7. The SMILES string of the molecule is CC(N)=N/C(=C(/N)C(N)=O)N(C)CC(C)C. The highest BCUT2D eigenvalue weighted by Crippen LogP contribution is 2.09. The molecular formula is C10H21N5O. The van der Waals surface area contributed by atoms with E-state index in [9.17, 15) is 4.79 Å². The number of nitrogens with zero attached hydrogens (tertiary/aromatic N) is 2. The van der Waals surface area contributed by atoms with Crippen molar-refractivity contribution in [2.24, 2.45) is 28.1 Å². The van der Waals surface area contributed by atoms with Crippen LogP contribution in [0.25, 0.3) is 0 Å². The third-order valence-electron chi connectivity index (χ3n) is 1.79. The minimum Gasteiger partial charge on any atom is -0.391 e. The zero-order chi connectivity index (χ0) is 12.9. The summed E-state index contributed by atoms with van der Waals surface area (Å²) in [5.41, 5.74) is 16.1. The maximum absolute atomic E-state index is 11.0. The molecule has 6 heteroatoms. The van der Waals surface area contributed by atoms with Gasteiger partial charge < -0.3 is 22.1 Å². The van der Waals surface area contributed by atoms with Crippen LogP contribution < -0.4 is 17.2 Å². The Labute approximate surface area is 96.2 Å². The highest BCUT2D eigenvalue weighted by Gasteiger charge is 2.13. The van der Waals surface area contributed by atoms with Gasteiger partial charge in [-0.05, 0) is 12.8 Å². The smallest absolute Gasteiger partial charge is 0.268 e. The average Bonchev–Trinajstić information content (AvgIpc) is 2.11. The van der Waals surface area contributed by atoms with Gasteiger partial charge in [0.15, 0.2) is 5.82 Å². The van der Waals surface area contributed by atoms with Gasteiger partial charge >= 0.3 is 0 Å². The van der Waals surface area contributed by atoms with Crippen molar-refractivity contribution in [3.05, 3.63) is 11.5 Å². The summed E-state index contributed by atoms with van der Waals surface area (Å²) in [6.45, 7) is 6.43.